The minimum Gasteiger partial charge on any atom is -0.346 e. The maximum absolute atomic E-state index is 11.8. The summed E-state index contributed by atoms with van der Waals surface area (Å²) in [7, 11) is 0. The van der Waals surface area contributed by atoms with Gasteiger partial charge in [0.2, 0.25) is 0 Å². The number of rotatable bonds is 3. The molecule has 0 aliphatic carbocycles. The molecule has 0 fully saturated rings. The Labute approximate surface area is 87.7 Å². The van der Waals surface area contributed by atoms with Gasteiger partial charge in [-0.15, -0.1) is 0 Å². The van der Waals surface area contributed by atoms with Gasteiger partial charge < -0.3 is 5.32 Å². The highest BCUT2D eigenvalue weighted by Crippen LogP contribution is 2.11. The summed E-state index contributed by atoms with van der Waals surface area (Å²) in [5.41, 5.74) is 0.244. The number of amides is 1. The molecule has 0 atom stereocenters. The summed E-state index contributed by atoms with van der Waals surface area (Å²) < 4.78 is 23.9. The Hall–Kier alpha value is -1.04. The highest BCUT2D eigenvalue weighted by atomic mass is 79.9. The highest BCUT2D eigenvalue weighted by Gasteiger charge is 2.11. The van der Waals surface area contributed by atoms with Crippen LogP contribution in [0, 0.1) is 0 Å². The van der Waals surface area contributed by atoms with Gasteiger partial charge in [-0.1, -0.05) is 0 Å². The van der Waals surface area contributed by atoms with E-state index in [1.54, 1.807) is 6.07 Å². The number of nitrogens with one attached hydrogen (secondary N) is 1. The zero-order valence-corrected chi connectivity index (χ0v) is 8.59. The zero-order chi connectivity index (χ0) is 10.6. The Morgan fingerprint density at radius 3 is 2.93 bits per heavy atom. The van der Waals surface area contributed by atoms with Crippen LogP contribution in [-0.2, 0) is 0 Å². The third-order valence-corrected chi connectivity index (χ3v) is 2.05. The molecule has 1 rings (SSSR count). The van der Waals surface area contributed by atoms with Crippen LogP contribution in [0.4, 0.5) is 8.78 Å². The van der Waals surface area contributed by atoms with Crippen molar-refractivity contribution in [1.82, 2.24) is 10.3 Å². The summed E-state index contributed by atoms with van der Waals surface area (Å²) in [6.45, 7) is -0.653. The van der Waals surface area contributed by atoms with Crippen molar-refractivity contribution >= 4 is 21.8 Å². The van der Waals surface area contributed by atoms with Gasteiger partial charge in [0.25, 0.3) is 12.3 Å². The highest BCUT2D eigenvalue weighted by molar-refractivity contribution is 9.10. The molecule has 0 aromatic carbocycles. The second kappa shape index (κ2) is 4.99. The van der Waals surface area contributed by atoms with Crippen molar-refractivity contribution in [2.75, 3.05) is 6.54 Å². The quantitative estimate of drug-likeness (QED) is 0.847. The number of hydrogen-bond donors (Lipinski definition) is 1. The van der Waals surface area contributed by atoms with Crippen LogP contribution < -0.4 is 5.32 Å². The number of hydrogen-bond acceptors (Lipinski definition) is 2. The minimum atomic E-state index is -2.55. The van der Waals surface area contributed by atoms with Crippen LogP contribution in [0.15, 0.2) is 22.9 Å². The van der Waals surface area contributed by atoms with E-state index in [0.29, 0.717) is 4.60 Å². The molecule has 0 radical (unpaired) electrons. The summed E-state index contributed by atoms with van der Waals surface area (Å²) in [6, 6.07) is 3.06. The lowest BCUT2D eigenvalue weighted by Gasteiger charge is -2.04. The van der Waals surface area contributed by atoms with Gasteiger partial charge in [-0.2, -0.15) is 0 Å². The molecular formula is C8H7BrF2N2O. The van der Waals surface area contributed by atoms with Gasteiger partial charge in [0.15, 0.2) is 0 Å². The van der Waals surface area contributed by atoms with Crippen LogP contribution >= 0.6 is 15.9 Å². The molecule has 1 aromatic heterocycles. The van der Waals surface area contributed by atoms with Crippen molar-refractivity contribution in [3.8, 4) is 0 Å². The summed E-state index contributed by atoms with van der Waals surface area (Å²) in [6.07, 6.45) is -1.05. The van der Waals surface area contributed by atoms with E-state index in [2.05, 4.69) is 26.2 Å². The molecule has 1 amide bonds. The van der Waals surface area contributed by atoms with Gasteiger partial charge in [0.1, 0.15) is 4.60 Å². The average molecular weight is 265 g/mol. The SMILES string of the molecule is O=C(NCC(F)F)c1cccnc1Br. The van der Waals surface area contributed by atoms with E-state index in [1.807, 2.05) is 0 Å². The normalized spacial score (nSPS) is 10.3. The Bertz CT molecular complexity index is 333. The summed E-state index contributed by atoms with van der Waals surface area (Å²) in [4.78, 5) is 15.1. The summed E-state index contributed by atoms with van der Waals surface area (Å²) in [5, 5.41) is 2.08. The first-order valence-electron chi connectivity index (χ1n) is 3.78. The number of nitrogens with zero attached hydrogens (tertiary/aromatic N) is 1. The fraction of sp³-hybridized carbons (Fsp3) is 0.250. The molecule has 0 saturated heterocycles. The first-order valence-corrected chi connectivity index (χ1v) is 4.57. The second-order valence-corrected chi connectivity index (χ2v) is 3.19. The van der Waals surface area contributed by atoms with Crippen LogP contribution in [0.2, 0.25) is 0 Å². The molecule has 1 heterocycles. The first kappa shape index (κ1) is 11.0. The molecule has 0 aliphatic heterocycles. The predicted molar refractivity (Wildman–Crippen MR) is 50.3 cm³/mol. The van der Waals surface area contributed by atoms with Gasteiger partial charge in [0, 0.05) is 6.20 Å². The molecule has 0 bridgehead atoms. The lowest BCUT2D eigenvalue weighted by Crippen LogP contribution is -2.28. The third kappa shape index (κ3) is 3.02. The number of pyridine rings is 1. The zero-order valence-electron chi connectivity index (χ0n) is 7.01. The minimum absolute atomic E-state index is 0.244. The predicted octanol–water partition coefficient (Wildman–Crippen LogP) is 1.84. The molecule has 0 unspecified atom stereocenters. The van der Waals surface area contributed by atoms with E-state index in [-0.39, 0.29) is 5.56 Å². The van der Waals surface area contributed by atoms with Gasteiger partial charge >= 0.3 is 0 Å². The lowest BCUT2D eigenvalue weighted by molar-refractivity contribution is 0.0890. The van der Waals surface area contributed by atoms with Gasteiger partial charge in [-0.25, -0.2) is 13.8 Å². The van der Waals surface area contributed by atoms with E-state index in [0.717, 1.165) is 0 Å². The number of halogens is 3. The first-order chi connectivity index (χ1) is 6.61. The maximum atomic E-state index is 11.8. The number of alkyl halides is 2. The standard InChI is InChI=1S/C8H7BrF2N2O/c9-7-5(2-1-3-12-7)8(14)13-4-6(10)11/h1-3,6H,4H2,(H,13,14). The number of aromatic nitrogens is 1. The monoisotopic (exact) mass is 264 g/mol. The van der Waals surface area contributed by atoms with Crippen molar-refractivity contribution in [2.45, 2.75) is 6.43 Å². The van der Waals surface area contributed by atoms with E-state index >= 15 is 0 Å². The van der Waals surface area contributed by atoms with Crippen molar-refractivity contribution in [1.29, 1.82) is 0 Å². The van der Waals surface area contributed by atoms with Crippen molar-refractivity contribution < 1.29 is 13.6 Å². The molecule has 0 saturated carbocycles. The van der Waals surface area contributed by atoms with Gasteiger partial charge in [-0.05, 0) is 28.1 Å². The third-order valence-electron chi connectivity index (χ3n) is 1.42. The number of carbonyl (C=O) groups excluding carboxylic acids is 1. The Balaban J connectivity index is 2.65. The molecule has 14 heavy (non-hydrogen) atoms. The summed E-state index contributed by atoms with van der Waals surface area (Å²) >= 11 is 3.04. The van der Waals surface area contributed by atoms with Crippen LogP contribution in [0.5, 0.6) is 0 Å². The molecule has 0 spiro atoms. The average Bonchev–Trinajstić information content (AvgIpc) is 2.15. The second-order valence-electron chi connectivity index (χ2n) is 2.44. The fourth-order valence-corrected chi connectivity index (χ4v) is 1.25. The molecular weight excluding hydrogens is 258 g/mol. The van der Waals surface area contributed by atoms with E-state index < -0.39 is 18.9 Å². The van der Waals surface area contributed by atoms with Crippen molar-refractivity contribution in [2.24, 2.45) is 0 Å². The van der Waals surface area contributed by atoms with Crippen LogP contribution in [0.1, 0.15) is 10.4 Å². The Morgan fingerprint density at radius 2 is 2.36 bits per heavy atom. The smallest absolute Gasteiger partial charge is 0.255 e. The van der Waals surface area contributed by atoms with E-state index in [1.165, 1.54) is 12.3 Å². The summed E-state index contributed by atoms with van der Waals surface area (Å²) in [5.74, 6) is -0.565. The van der Waals surface area contributed by atoms with E-state index in [4.69, 9.17) is 0 Å². The molecule has 1 aromatic rings. The molecule has 0 aliphatic rings. The molecule has 3 nitrogen and oxygen atoms in total. The lowest BCUT2D eigenvalue weighted by atomic mass is 10.3. The van der Waals surface area contributed by atoms with Crippen LogP contribution in [0.25, 0.3) is 0 Å². The number of carbonyl (C=O) groups is 1. The fourth-order valence-electron chi connectivity index (χ4n) is 0.820. The van der Waals surface area contributed by atoms with Crippen LogP contribution in [0.3, 0.4) is 0 Å². The Morgan fingerprint density at radius 1 is 1.64 bits per heavy atom. The molecule has 6 heteroatoms. The van der Waals surface area contributed by atoms with E-state index in [9.17, 15) is 13.6 Å². The molecule has 76 valence electrons. The van der Waals surface area contributed by atoms with Crippen molar-refractivity contribution in [3.63, 3.8) is 0 Å². The van der Waals surface area contributed by atoms with Gasteiger partial charge in [-0.3, -0.25) is 4.79 Å². The maximum Gasteiger partial charge on any atom is 0.255 e. The molecule has 1 N–H and O–H groups in total. The topological polar surface area (TPSA) is 42.0 Å². The van der Waals surface area contributed by atoms with Gasteiger partial charge in [0.05, 0.1) is 12.1 Å². The Kier molecular flexibility index (Phi) is 3.94. The van der Waals surface area contributed by atoms with Crippen LogP contribution in [-0.4, -0.2) is 23.9 Å². The van der Waals surface area contributed by atoms with Crippen molar-refractivity contribution in [3.05, 3.63) is 28.5 Å². The largest absolute Gasteiger partial charge is 0.346 e.